The highest BCUT2D eigenvalue weighted by atomic mass is 79.9. The van der Waals surface area contributed by atoms with Crippen molar-refractivity contribution in [3.63, 3.8) is 0 Å². The lowest BCUT2D eigenvalue weighted by Crippen LogP contribution is -2.17. The van der Waals surface area contributed by atoms with Gasteiger partial charge in [-0.25, -0.2) is 0 Å². The van der Waals surface area contributed by atoms with Crippen molar-refractivity contribution in [1.82, 2.24) is 5.32 Å². The molecule has 0 saturated heterocycles. The first kappa shape index (κ1) is 14.4. The first-order chi connectivity index (χ1) is 8.52. The molecule has 1 N–H and O–H groups in total. The molecular weight excluding hydrogens is 353 g/mol. The molecule has 1 aromatic heterocycles. The lowest BCUT2D eigenvalue weighted by molar-refractivity contribution is 0.699. The maximum atomic E-state index is 6.10. The molecule has 0 aliphatic heterocycles. The first-order valence-electron chi connectivity index (χ1n) is 5.41. The van der Waals surface area contributed by atoms with Crippen LogP contribution in [0, 0.1) is 6.92 Å². The van der Waals surface area contributed by atoms with Gasteiger partial charge < -0.3 is 5.32 Å². The molecule has 0 aliphatic carbocycles. The normalized spacial score (nSPS) is 12.7. The molecule has 0 aliphatic rings. The highest BCUT2D eigenvalue weighted by Crippen LogP contribution is 2.38. The quantitative estimate of drug-likeness (QED) is 0.765. The molecule has 0 bridgehead atoms. The van der Waals surface area contributed by atoms with Crippen LogP contribution in [0.25, 0.3) is 0 Å². The summed E-state index contributed by atoms with van der Waals surface area (Å²) in [4.78, 5) is 1.17. The van der Waals surface area contributed by atoms with E-state index in [0.29, 0.717) is 0 Å². The van der Waals surface area contributed by atoms with Gasteiger partial charge in [0.05, 0.1) is 14.9 Å². The van der Waals surface area contributed by atoms with Crippen LogP contribution in [-0.2, 0) is 0 Å². The standard InChI is InChI=1S/C13H12BrCl2NS/c1-7-3-4-8(15)5-9(7)12(17-2)11-6-10(16)13(14)18-11/h3-6,12,17H,1-2H3. The monoisotopic (exact) mass is 363 g/mol. The summed E-state index contributed by atoms with van der Waals surface area (Å²) >= 11 is 17.3. The number of benzene rings is 1. The third-order valence-electron chi connectivity index (χ3n) is 2.79. The molecule has 2 aromatic rings. The lowest BCUT2D eigenvalue weighted by Gasteiger charge is -2.17. The summed E-state index contributed by atoms with van der Waals surface area (Å²) in [6.45, 7) is 2.08. The number of hydrogen-bond donors (Lipinski definition) is 1. The van der Waals surface area contributed by atoms with Gasteiger partial charge in [-0.1, -0.05) is 29.3 Å². The van der Waals surface area contributed by atoms with Crippen molar-refractivity contribution in [3.8, 4) is 0 Å². The Morgan fingerprint density at radius 2 is 2.00 bits per heavy atom. The van der Waals surface area contributed by atoms with Gasteiger partial charge in [0.1, 0.15) is 0 Å². The second kappa shape index (κ2) is 5.93. The number of thiophene rings is 1. The summed E-state index contributed by atoms with van der Waals surface area (Å²) in [5.41, 5.74) is 2.38. The smallest absolute Gasteiger partial charge is 0.0888 e. The molecule has 18 heavy (non-hydrogen) atoms. The third kappa shape index (κ3) is 2.91. The molecule has 0 saturated carbocycles. The van der Waals surface area contributed by atoms with E-state index in [2.05, 4.69) is 28.2 Å². The zero-order valence-electron chi connectivity index (χ0n) is 9.93. The number of aryl methyl sites for hydroxylation is 1. The molecular formula is C13H12BrCl2NS. The minimum atomic E-state index is 0.109. The average Bonchev–Trinajstić information content (AvgIpc) is 2.65. The molecule has 1 aromatic carbocycles. The largest absolute Gasteiger partial charge is 0.309 e. The van der Waals surface area contributed by atoms with Gasteiger partial charge in [0.25, 0.3) is 0 Å². The Hall–Kier alpha value is -0.0600. The number of nitrogens with one attached hydrogen (secondary N) is 1. The number of hydrogen-bond acceptors (Lipinski definition) is 2. The Morgan fingerprint density at radius 1 is 1.28 bits per heavy atom. The molecule has 1 heterocycles. The van der Waals surface area contributed by atoms with E-state index in [1.165, 1.54) is 16.0 Å². The van der Waals surface area contributed by atoms with Gasteiger partial charge in [-0.3, -0.25) is 0 Å². The predicted octanol–water partition coefficient (Wildman–Crippen LogP) is 5.43. The van der Waals surface area contributed by atoms with Gasteiger partial charge in [-0.2, -0.15) is 0 Å². The number of rotatable bonds is 3. The van der Waals surface area contributed by atoms with E-state index in [9.17, 15) is 0 Å². The van der Waals surface area contributed by atoms with E-state index in [1.807, 2.05) is 31.3 Å². The molecule has 1 nitrogen and oxygen atoms in total. The van der Waals surface area contributed by atoms with Crippen molar-refractivity contribution in [1.29, 1.82) is 0 Å². The van der Waals surface area contributed by atoms with Gasteiger partial charge in [0.2, 0.25) is 0 Å². The van der Waals surface area contributed by atoms with Crippen LogP contribution < -0.4 is 5.32 Å². The molecule has 1 unspecified atom stereocenters. The van der Waals surface area contributed by atoms with E-state index in [1.54, 1.807) is 11.3 Å². The fourth-order valence-electron chi connectivity index (χ4n) is 1.88. The zero-order valence-corrected chi connectivity index (χ0v) is 13.8. The molecule has 1 atom stereocenters. The van der Waals surface area contributed by atoms with Crippen molar-refractivity contribution in [2.45, 2.75) is 13.0 Å². The van der Waals surface area contributed by atoms with Gasteiger partial charge in [0, 0.05) is 9.90 Å². The summed E-state index contributed by atoms with van der Waals surface area (Å²) in [5, 5.41) is 4.81. The van der Waals surface area contributed by atoms with E-state index < -0.39 is 0 Å². The third-order valence-corrected chi connectivity index (χ3v) is 5.56. The predicted molar refractivity (Wildman–Crippen MR) is 84.1 cm³/mol. The van der Waals surface area contributed by atoms with Gasteiger partial charge in [0.15, 0.2) is 0 Å². The van der Waals surface area contributed by atoms with Gasteiger partial charge in [-0.15, -0.1) is 11.3 Å². The van der Waals surface area contributed by atoms with E-state index in [-0.39, 0.29) is 6.04 Å². The minimum absolute atomic E-state index is 0.109. The molecule has 0 amide bonds. The maximum absolute atomic E-state index is 6.10. The van der Waals surface area contributed by atoms with E-state index in [4.69, 9.17) is 23.2 Å². The molecule has 0 spiro atoms. The van der Waals surface area contributed by atoms with Crippen molar-refractivity contribution < 1.29 is 0 Å². The van der Waals surface area contributed by atoms with Crippen LogP contribution in [0.4, 0.5) is 0 Å². The van der Waals surface area contributed by atoms with Gasteiger partial charge in [-0.05, 0) is 59.2 Å². The second-order valence-corrected chi connectivity index (χ2v) is 7.24. The molecule has 96 valence electrons. The Morgan fingerprint density at radius 3 is 2.56 bits per heavy atom. The Bertz CT molecular complexity index is 549. The summed E-state index contributed by atoms with van der Waals surface area (Å²) in [6.07, 6.45) is 0. The van der Waals surface area contributed by atoms with Crippen LogP contribution in [0.1, 0.15) is 22.0 Å². The Labute approximate surface area is 129 Å². The molecule has 0 fully saturated rings. The van der Waals surface area contributed by atoms with Crippen LogP contribution in [-0.4, -0.2) is 7.05 Å². The van der Waals surface area contributed by atoms with Crippen LogP contribution in [0.3, 0.4) is 0 Å². The van der Waals surface area contributed by atoms with Crippen LogP contribution in [0.15, 0.2) is 28.1 Å². The lowest BCUT2D eigenvalue weighted by atomic mass is 10.0. The highest BCUT2D eigenvalue weighted by molar-refractivity contribution is 9.11. The van der Waals surface area contributed by atoms with Gasteiger partial charge >= 0.3 is 0 Å². The summed E-state index contributed by atoms with van der Waals surface area (Å²) in [6, 6.07) is 8.03. The SMILES string of the molecule is CNC(c1cc(Cl)c(Br)s1)c1cc(Cl)ccc1C. The summed E-state index contributed by atoms with van der Waals surface area (Å²) in [5.74, 6) is 0. The highest BCUT2D eigenvalue weighted by Gasteiger charge is 2.18. The van der Waals surface area contributed by atoms with Crippen LogP contribution in [0.5, 0.6) is 0 Å². The first-order valence-corrected chi connectivity index (χ1v) is 7.77. The van der Waals surface area contributed by atoms with E-state index in [0.717, 1.165) is 13.8 Å². The minimum Gasteiger partial charge on any atom is -0.309 e. The maximum Gasteiger partial charge on any atom is 0.0888 e. The average molecular weight is 365 g/mol. The number of halogens is 3. The summed E-state index contributed by atoms with van der Waals surface area (Å²) < 4.78 is 0.957. The van der Waals surface area contributed by atoms with Crippen LogP contribution >= 0.6 is 50.5 Å². The summed E-state index contributed by atoms with van der Waals surface area (Å²) in [7, 11) is 1.94. The fraction of sp³-hybridized carbons (Fsp3) is 0.231. The topological polar surface area (TPSA) is 12.0 Å². The molecule has 2 rings (SSSR count). The fourth-order valence-corrected chi connectivity index (χ4v) is 3.94. The van der Waals surface area contributed by atoms with Crippen LogP contribution in [0.2, 0.25) is 10.0 Å². The Kier molecular flexibility index (Phi) is 4.73. The van der Waals surface area contributed by atoms with Crippen molar-refractivity contribution in [2.24, 2.45) is 0 Å². The van der Waals surface area contributed by atoms with Crippen molar-refractivity contribution in [2.75, 3.05) is 7.05 Å². The molecule has 5 heteroatoms. The van der Waals surface area contributed by atoms with Crippen molar-refractivity contribution >= 4 is 50.5 Å². The molecule has 0 radical (unpaired) electrons. The second-order valence-electron chi connectivity index (χ2n) is 3.99. The van der Waals surface area contributed by atoms with E-state index >= 15 is 0 Å². The zero-order chi connectivity index (χ0) is 13.3. The Balaban J connectivity index is 2.48. The van der Waals surface area contributed by atoms with Crippen molar-refractivity contribution in [3.05, 3.63) is 54.1 Å².